The number of nitrogen functional groups attached to an aromatic ring is 1. The number of nitrogens with zero attached hydrogens (tertiary/aromatic N) is 3. The fourth-order valence-electron chi connectivity index (χ4n) is 1.60. The van der Waals surface area contributed by atoms with Gasteiger partial charge in [0.25, 0.3) is 0 Å². The van der Waals surface area contributed by atoms with Crippen molar-refractivity contribution in [3.05, 3.63) is 47.6 Å². The Morgan fingerprint density at radius 3 is 3.00 bits per heavy atom. The van der Waals surface area contributed by atoms with Crippen LogP contribution in [-0.4, -0.2) is 20.9 Å². The number of thiophene rings is 1. The van der Waals surface area contributed by atoms with Gasteiger partial charge in [-0.15, -0.1) is 11.3 Å². The van der Waals surface area contributed by atoms with Gasteiger partial charge in [-0.05, 0) is 11.4 Å². The Morgan fingerprint density at radius 1 is 1.38 bits per heavy atom. The molecule has 3 heterocycles. The highest BCUT2D eigenvalue weighted by atomic mass is 32.1. The number of carbonyl (C=O) groups excluding carboxylic acids is 1. The van der Waals surface area contributed by atoms with Crippen LogP contribution in [0.25, 0.3) is 10.8 Å². The number of rotatable bonds is 4. The SMILES string of the molecule is Nc1nccnc1C(=O)OCc1coc(-c2cccs2)n1. The molecule has 8 heteroatoms. The third-order valence-electron chi connectivity index (χ3n) is 2.55. The van der Waals surface area contributed by atoms with Gasteiger partial charge in [-0.25, -0.2) is 19.7 Å². The number of nitrogens with two attached hydrogens (primary N) is 1. The molecule has 0 aliphatic rings. The number of esters is 1. The van der Waals surface area contributed by atoms with Crippen molar-refractivity contribution in [2.75, 3.05) is 5.73 Å². The molecule has 3 rings (SSSR count). The van der Waals surface area contributed by atoms with E-state index in [2.05, 4.69) is 15.0 Å². The second-order valence-electron chi connectivity index (χ2n) is 3.99. The molecule has 0 spiro atoms. The highest BCUT2D eigenvalue weighted by molar-refractivity contribution is 7.13. The Bertz CT molecular complexity index is 754. The zero-order chi connectivity index (χ0) is 14.7. The zero-order valence-electron chi connectivity index (χ0n) is 10.7. The topological polar surface area (TPSA) is 104 Å². The number of carbonyl (C=O) groups is 1. The van der Waals surface area contributed by atoms with Gasteiger partial charge >= 0.3 is 5.97 Å². The summed E-state index contributed by atoms with van der Waals surface area (Å²) < 4.78 is 10.4. The molecule has 106 valence electrons. The van der Waals surface area contributed by atoms with Gasteiger partial charge < -0.3 is 14.9 Å². The van der Waals surface area contributed by atoms with E-state index in [1.165, 1.54) is 30.0 Å². The van der Waals surface area contributed by atoms with Crippen molar-refractivity contribution >= 4 is 23.1 Å². The van der Waals surface area contributed by atoms with Crippen LogP contribution in [0.15, 0.2) is 40.6 Å². The predicted molar refractivity (Wildman–Crippen MR) is 75.4 cm³/mol. The minimum atomic E-state index is -0.652. The first-order valence-corrected chi connectivity index (χ1v) is 6.84. The van der Waals surface area contributed by atoms with Gasteiger partial charge in [-0.2, -0.15) is 0 Å². The van der Waals surface area contributed by atoms with E-state index in [0.717, 1.165) is 4.88 Å². The molecule has 3 aromatic rings. The minimum Gasteiger partial charge on any atom is -0.454 e. The molecule has 0 radical (unpaired) electrons. The summed E-state index contributed by atoms with van der Waals surface area (Å²) in [5, 5.41) is 1.93. The van der Waals surface area contributed by atoms with Gasteiger partial charge in [0.2, 0.25) is 5.89 Å². The summed E-state index contributed by atoms with van der Waals surface area (Å²) in [6, 6.07) is 3.80. The molecule has 21 heavy (non-hydrogen) atoms. The van der Waals surface area contributed by atoms with Crippen LogP contribution in [0.5, 0.6) is 0 Å². The Balaban J connectivity index is 1.66. The maximum Gasteiger partial charge on any atom is 0.361 e. The van der Waals surface area contributed by atoms with Crippen molar-refractivity contribution < 1.29 is 13.9 Å². The molecule has 0 unspecified atom stereocenters. The molecule has 2 N–H and O–H groups in total. The van der Waals surface area contributed by atoms with E-state index in [1.54, 1.807) is 0 Å². The highest BCUT2D eigenvalue weighted by Gasteiger charge is 2.15. The molecule has 0 aliphatic carbocycles. The van der Waals surface area contributed by atoms with E-state index in [9.17, 15) is 4.79 Å². The lowest BCUT2D eigenvalue weighted by Gasteiger charge is -2.03. The zero-order valence-corrected chi connectivity index (χ0v) is 11.5. The van der Waals surface area contributed by atoms with Crippen LogP contribution in [0, 0.1) is 0 Å². The number of oxazole rings is 1. The van der Waals surface area contributed by atoms with Crippen molar-refractivity contribution in [3.63, 3.8) is 0 Å². The Labute approximate surface area is 123 Å². The molecule has 0 atom stereocenters. The van der Waals surface area contributed by atoms with Crippen LogP contribution in [0.1, 0.15) is 16.2 Å². The summed E-state index contributed by atoms with van der Waals surface area (Å²) >= 11 is 1.51. The smallest absolute Gasteiger partial charge is 0.361 e. The van der Waals surface area contributed by atoms with Crippen molar-refractivity contribution in [1.82, 2.24) is 15.0 Å². The van der Waals surface area contributed by atoms with Gasteiger partial charge in [-0.1, -0.05) is 6.07 Å². The molecule has 0 saturated heterocycles. The maximum atomic E-state index is 11.8. The Hall–Kier alpha value is -2.74. The molecule has 0 fully saturated rings. The van der Waals surface area contributed by atoms with E-state index < -0.39 is 5.97 Å². The van der Waals surface area contributed by atoms with Crippen molar-refractivity contribution in [2.24, 2.45) is 0 Å². The Kier molecular flexibility index (Phi) is 3.61. The number of aromatic nitrogens is 3. The van der Waals surface area contributed by atoms with Crippen LogP contribution in [-0.2, 0) is 11.3 Å². The molecule has 0 amide bonds. The van der Waals surface area contributed by atoms with Crippen molar-refractivity contribution in [2.45, 2.75) is 6.61 Å². The normalized spacial score (nSPS) is 10.5. The van der Waals surface area contributed by atoms with Crippen LogP contribution in [0.3, 0.4) is 0 Å². The van der Waals surface area contributed by atoms with Crippen molar-refractivity contribution in [1.29, 1.82) is 0 Å². The summed E-state index contributed by atoms with van der Waals surface area (Å²) in [7, 11) is 0. The first-order chi connectivity index (χ1) is 10.2. The summed E-state index contributed by atoms with van der Waals surface area (Å²) in [5.41, 5.74) is 6.05. The highest BCUT2D eigenvalue weighted by Crippen LogP contribution is 2.23. The lowest BCUT2D eigenvalue weighted by atomic mass is 10.4. The van der Waals surface area contributed by atoms with E-state index in [0.29, 0.717) is 11.6 Å². The molecule has 0 aliphatic heterocycles. The number of hydrogen-bond acceptors (Lipinski definition) is 8. The first-order valence-electron chi connectivity index (χ1n) is 5.96. The van der Waals surface area contributed by atoms with E-state index >= 15 is 0 Å². The number of hydrogen-bond donors (Lipinski definition) is 1. The van der Waals surface area contributed by atoms with Crippen LogP contribution in [0.4, 0.5) is 5.82 Å². The monoisotopic (exact) mass is 302 g/mol. The molecular weight excluding hydrogens is 292 g/mol. The summed E-state index contributed by atoms with van der Waals surface area (Å²) in [5.74, 6) is -0.127. The molecular formula is C13H10N4O3S. The second kappa shape index (κ2) is 5.71. The van der Waals surface area contributed by atoms with Crippen LogP contribution < -0.4 is 5.73 Å². The average Bonchev–Trinajstić information content (AvgIpc) is 3.16. The van der Waals surface area contributed by atoms with Crippen molar-refractivity contribution in [3.8, 4) is 10.8 Å². The molecule has 0 aromatic carbocycles. The van der Waals surface area contributed by atoms with E-state index in [-0.39, 0.29) is 18.1 Å². The molecule has 7 nitrogen and oxygen atoms in total. The van der Waals surface area contributed by atoms with Gasteiger partial charge in [0, 0.05) is 12.4 Å². The van der Waals surface area contributed by atoms with Gasteiger partial charge in [-0.3, -0.25) is 0 Å². The Morgan fingerprint density at radius 2 is 2.24 bits per heavy atom. The van der Waals surface area contributed by atoms with Gasteiger partial charge in [0.15, 0.2) is 11.5 Å². The lowest BCUT2D eigenvalue weighted by molar-refractivity contribution is 0.0461. The summed E-state index contributed by atoms with van der Waals surface area (Å²) in [6.07, 6.45) is 4.22. The van der Waals surface area contributed by atoms with Crippen LogP contribution in [0.2, 0.25) is 0 Å². The third-order valence-corrected chi connectivity index (χ3v) is 3.41. The van der Waals surface area contributed by atoms with E-state index in [4.69, 9.17) is 14.9 Å². The number of anilines is 1. The lowest BCUT2D eigenvalue weighted by Crippen LogP contribution is -2.11. The molecule has 0 saturated carbocycles. The maximum absolute atomic E-state index is 11.8. The second-order valence-corrected chi connectivity index (χ2v) is 4.94. The standard InChI is InChI=1S/C13H10N4O3S/c14-11-10(15-3-4-16-11)13(18)20-7-8-6-19-12(17-8)9-2-1-5-21-9/h1-6H,7H2,(H2,14,16). The average molecular weight is 302 g/mol. The molecule has 0 bridgehead atoms. The summed E-state index contributed by atoms with van der Waals surface area (Å²) in [4.78, 5) is 24.6. The summed E-state index contributed by atoms with van der Waals surface area (Å²) in [6.45, 7) is -0.0241. The number of ether oxygens (including phenoxy) is 1. The first kappa shape index (κ1) is 13.3. The fraction of sp³-hybridized carbons (Fsp3) is 0.0769. The van der Waals surface area contributed by atoms with Crippen LogP contribution >= 0.6 is 11.3 Å². The molecule has 3 aromatic heterocycles. The minimum absolute atomic E-state index is 0.0144. The van der Waals surface area contributed by atoms with Gasteiger partial charge in [0.05, 0.1) is 4.88 Å². The largest absolute Gasteiger partial charge is 0.454 e. The van der Waals surface area contributed by atoms with Gasteiger partial charge in [0.1, 0.15) is 18.6 Å². The quantitative estimate of drug-likeness (QED) is 0.736. The third kappa shape index (κ3) is 2.90. The van der Waals surface area contributed by atoms with E-state index in [1.807, 2.05) is 17.5 Å². The fourth-order valence-corrected chi connectivity index (χ4v) is 2.26. The predicted octanol–water partition coefficient (Wildman–Crippen LogP) is 2.13.